The van der Waals surface area contributed by atoms with E-state index in [-0.39, 0.29) is 0 Å². The molecular formula is C16H32N2. The lowest BCUT2D eigenvalue weighted by atomic mass is 9.73. The van der Waals surface area contributed by atoms with Gasteiger partial charge in [0.25, 0.3) is 0 Å². The van der Waals surface area contributed by atoms with Crippen LogP contribution in [0.4, 0.5) is 0 Å². The third kappa shape index (κ3) is 3.48. The van der Waals surface area contributed by atoms with E-state index in [1.165, 1.54) is 64.3 Å². The highest BCUT2D eigenvalue weighted by atomic mass is 15.1. The molecule has 2 nitrogen and oxygen atoms in total. The van der Waals surface area contributed by atoms with Crippen LogP contribution in [0.3, 0.4) is 0 Å². The summed E-state index contributed by atoms with van der Waals surface area (Å²) in [5.74, 6) is 0.952. The summed E-state index contributed by atoms with van der Waals surface area (Å²) < 4.78 is 0. The van der Waals surface area contributed by atoms with Crippen molar-refractivity contribution in [1.29, 1.82) is 0 Å². The number of nitrogens with two attached hydrogens (primary N) is 1. The third-order valence-corrected chi connectivity index (χ3v) is 5.54. The molecule has 2 aliphatic carbocycles. The summed E-state index contributed by atoms with van der Waals surface area (Å²) in [6.07, 6.45) is 12.6. The Morgan fingerprint density at radius 2 is 1.67 bits per heavy atom. The van der Waals surface area contributed by atoms with Gasteiger partial charge in [-0.25, -0.2) is 0 Å². The lowest BCUT2D eigenvalue weighted by molar-refractivity contribution is 0.0805. The molecule has 0 saturated heterocycles. The maximum atomic E-state index is 6.11. The van der Waals surface area contributed by atoms with Crippen molar-refractivity contribution in [3.05, 3.63) is 0 Å². The zero-order chi connectivity index (χ0) is 13.0. The molecule has 0 spiro atoms. The number of hydrogen-bond acceptors (Lipinski definition) is 2. The zero-order valence-electron chi connectivity index (χ0n) is 12.5. The minimum Gasteiger partial charge on any atom is -0.330 e. The average Bonchev–Trinajstić information content (AvgIpc) is 2.40. The highest BCUT2D eigenvalue weighted by Crippen LogP contribution is 2.37. The highest BCUT2D eigenvalue weighted by Gasteiger charge is 2.34. The van der Waals surface area contributed by atoms with Crippen LogP contribution in [0.1, 0.15) is 64.7 Å². The standard InChI is InChI=1S/C16H32N2/c1-14-6-8-15(9-7-14)18(2)13-16(12-17)10-4-3-5-11-16/h14-15H,3-13,17H2,1-2H3. The summed E-state index contributed by atoms with van der Waals surface area (Å²) in [4.78, 5) is 2.64. The van der Waals surface area contributed by atoms with Crippen molar-refractivity contribution < 1.29 is 0 Å². The molecule has 0 unspecified atom stereocenters. The molecule has 0 aromatic rings. The molecular weight excluding hydrogens is 220 g/mol. The van der Waals surface area contributed by atoms with Gasteiger partial charge < -0.3 is 10.6 Å². The van der Waals surface area contributed by atoms with E-state index in [0.29, 0.717) is 5.41 Å². The van der Waals surface area contributed by atoms with E-state index >= 15 is 0 Å². The third-order valence-electron chi connectivity index (χ3n) is 5.54. The van der Waals surface area contributed by atoms with Gasteiger partial charge in [0.2, 0.25) is 0 Å². The van der Waals surface area contributed by atoms with Crippen molar-refractivity contribution in [1.82, 2.24) is 4.90 Å². The fraction of sp³-hybridized carbons (Fsp3) is 1.00. The van der Waals surface area contributed by atoms with Crippen LogP contribution >= 0.6 is 0 Å². The second kappa shape index (κ2) is 6.38. The fourth-order valence-corrected chi connectivity index (χ4v) is 4.07. The van der Waals surface area contributed by atoms with Crippen LogP contribution in [0.15, 0.2) is 0 Å². The Bertz CT molecular complexity index is 237. The predicted octanol–water partition coefficient (Wildman–Crippen LogP) is 3.41. The summed E-state index contributed by atoms with van der Waals surface area (Å²) >= 11 is 0. The average molecular weight is 252 g/mol. The normalized spacial score (nSPS) is 32.7. The van der Waals surface area contributed by atoms with Gasteiger partial charge in [-0.1, -0.05) is 26.2 Å². The van der Waals surface area contributed by atoms with Crippen molar-refractivity contribution in [3.63, 3.8) is 0 Å². The maximum Gasteiger partial charge on any atom is 0.00926 e. The molecule has 2 aliphatic rings. The molecule has 106 valence electrons. The molecule has 0 aliphatic heterocycles. The van der Waals surface area contributed by atoms with Gasteiger partial charge in [0, 0.05) is 12.6 Å². The Balaban J connectivity index is 1.86. The van der Waals surface area contributed by atoms with E-state index < -0.39 is 0 Å². The first-order valence-corrected chi connectivity index (χ1v) is 8.05. The molecule has 0 amide bonds. The topological polar surface area (TPSA) is 29.3 Å². The predicted molar refractivity (Wildman–Crippen MR) is 78.6 cm³/mol. The van der Waals surface area contributed by atoms with Crippen LogP contribution in [0, 0.1) is 11.3 Å². The van der Waals surface area contributed by atoms with Gasteiger partial charge in [-0.05, 0) is 63.5 Å². The minimum absolute atomic E-state index is 0.441. The molecule has 0 radical (unpaired) electrons. The Kier molecular flexibility index (Phi) is 5.08. The van der Waals surface area contributed by atoms with Gasteiger partial charge in [0.15, 0.2) is 0 Å². The second-order valence-corrected chi connectivity index (χ2v) is 7.09. The molecule has 2 saturated carbocycles. The largest absolute Gasteiger partial charge is 0.330 e. The zero-order valence-corrected chi connectivity index (χ0v) is 12.5. The van der Waals surface area contributed by atoms with Crippen molar-refractivity contribution in [2.75, 3.05) is 20.1 Å². The number of hydrogen-bond donors (Lipinski definition) is 1. The summed E-state index contributed by atoms with van der Waals surface area (Å²) in [5.41, 5.74) is 6.55. The van der Waals surface area contributed by atoms with Gasteiger partial charge in [-0.15, -0.1) is 0 Å². The molecule has 2 N–H and O–H groups in total. The molecule has 0 aromatic heterocycles. The summed E-state index contributed by atoms with van der Waals surface area (Å²) in [5, 5.41) is 0. The fourth-order valence-electron chi connectivity index (χ4n) is 4.07. The Morgan fingerprint density at radius 1 is 1.06 bits per heavy atom. The van der Waals surface area contributed by atoms with Gasteiger partial charge in [-0.3, -0.25) is 0 Å². The van der Waals surface area contributed by atoms with Gasteiger partial charge in [-0.2, -0.15) is 0 Å². The van der Waals surface area contributed by atoms with Crippen molar-refractivity contribution in [2.24, 2.45) is 17.1 Å². The van der Waals surface area contributed by atoms with Gasteiger partial charge in [0.1, 0.15) is 0 Å². The first kappa shape index (κ1) is 14.3. The summed E-state index contributed by atoms with van der Waals surface area (Å²) in [6.45, 7) is 4.53. The highest BCUT2D eigenvalue weighted by molar-refractivity contribution is 4.88. The molecule has 0 atom stereocenters. The van der Waals surface area contributed by atoms with Gasteiger partial charge in [0.05, 0.1) is 0 Å². The first-order chi connectivity index (χ1) is 8.65. The molecule has 2 heteroatoms. The lowest BCUT2D eigenvalue weighted by Gasteiger charge is -2.43. The quantitative estimate of drug-likeness (QED) is 0.831. The van der Waals surface area contributed by atoms with Crippen LogP contribution in [0.25, 0.3) is 0 Å². The van der Waals surface area contributed by atoms with Crippen LogP contribution in [0.5, 0.6) is 0 Å². The van der Waals surface area contributed by atoms with Crippen LogP contribution in [0.2, 0.25) is 0 Å². The minimum atomic E-state index is 0.441. The maximum absolute atomic E-state index is 6.11. The Labute approximate surface area is 113 Å². The van der Waals surface area contributed by atoms with Crippen molar-refractivity contribution >= 4 is 0 Å². The SMILES string of the molecule is CC1CCC(N(C)CC2(CN)CCCCC2)CC1. The Morgan fingerprint density at radius 3 is 2.22 bits per heavy atom. The van der Waals surface area contributed by atoms with Crippen molar-refractivity contribution in [3.8, 4) is 0 Å². The molecule has 0 bridgehead atoms. The molecule has 18 heavy (non-hydrogen) atoms. The van der Waals surface area contributed by atoms with E-state index in [4.69, 9.17) is 5.73 Å². The Hall–Kier alpha value is -0.0800. The van der Waals surface area contributed by atoms with Crippen LogP contribution in [-0.4, -0.2) is 31.1 Å². The van der Waals surface area contributed by atoms with E-state index in [2.05, 4.69) is 18.9 Å². The van der Waals surface area contributed by atoms with Crippen LogP contribution < -0.4 is 5.73 Å². The first-order valence-electron chi connectivity index (χ1n) is 8.05. The van der Waals surface area contributed by atoms with E-state index in [1.807, 2.05) is 0 Å². The smallest absolute Gasteiger partial charge is 0.00926 e. The van der Waals surface area contributed by atoms with E-state index in [1.54, 1.807) is 0 Å². The van der Waals surface area contributed by atoms with Crippen molar-refractivity contribution in [2.45, 2.75) is 70.8 Å². The lowest BCUT2D eigenvalue weighted by Crippen LogP contribution is -2.46. The monoisotopic (exact) mass is 252 g/mol. The number of rotatable bonds is 4. The van der Waals surface area contributed by atoms with Crippen LogP contribution in [-0.2, 0) is 0 Å². The number of nitrogens with zero attached hydrogens (tertiary/aromatic N) is 1. The summed E-state index contributed by atoms with van der Waals surface area (Å²) in [7, 11) is 2.34. The second-order valence-electron chi connectivity index (χ2n) is 7.09. The van der Waals surface area contributed by atoms with E-state index in [0.717, 1.165) is 18.5 Å². The summed E-state index contributed by atoms with van der Waals surface area (Å²) in [6, 6.07) is 0.826. The molecule has 0 aromatic carbocycles. The molecule has 0 heterocycles. The molecule has 2 fully saturated rings. The van der Waals surface area contributed by atoms with Gasteiger partial charge >= 0.3 is 0 Å². The van der Waals surface area contributed by atoms with E-state index in [9.17, 15) is 0 Å². The molecule has 2 rings (SSSR count).